The Morgan fingerprint density at radius 1 is 1.18 bits per heavy atom. The topological polar surface area (TPSA) is 62.7 Å². The molecule has 8 heteroatoms. The van der Waals surface area contributed by atoms with Crippen molar-refractivity contribution in [2.24, 2.45) is 0 Å². The highest BCUT2D eigenvalue weighted by molar-refractivity contribution is 5.56. The molecule has 1 aliphatic rings. The Labute approximate surface area is 125 Å². The fourth-order valence-corrected chi connectivity index (χ4v) is 2.26. The van der Waals surface area contributed by atoms with Gasteiger partial charge in [0.15, 0.2) is 5.69 Å². The van der Waals surface area contributed by atoms with Crippen LogP contribution in [0.5, 0.6) is 0 Å². The third-order valence-corrected chi connectivity index (χ3v) is 3.34. The number of halogens is 3. The van der Waals surface area contributed by atoms with Crippen LogP contribution >= 0.6 is 0 Å². The van der Waals surface area contributed by atoms with Gasteiger partial charge in [-0.1, -0.05) is 6.07 Å². The van der Waals surface area contributed by atoms with Crippen molar-refractivity contribution >= 4 is 5.95 Å². The predicted molar refractivity (Wildman–Crippen MR) is 75.2 cm³/mol. The molecule has 1 aliphatic heterocycles. The first-order valence-corrected chi connectivity index (χ1v) is 6.87. The van der Waals surface area contributed by atoms with E-state index in [9.17, 15) is 13.2 Å². The summed E-state index contributed by atoms with van der Waals surface area (Å²) in [5, 5.41) is 6.08. The number of aromatic nitrogens is 3. The molecule has 0 aromatic carbocycles. The molecule has 0 spiro atoms. The zero-order valence-electron chi connectivity index (χ0n) is 11.6. The second kappa shape index (κ2) is 5.88. The van der Waals surface area contributed by atoms with Gasteiger partial charge in [-0.25, -0.2) is 9.97 Å². The van der Waals surface area contributed by atoms with Crippen LogP contribution in [0.25, 0.3) is 11.4 Å². The highest BCUT2D eigenvalue weighted by Crippen LogP contribution is 2.30. The maximum absolute atomic E-state index is 13.0. The van der Waals surface area contributed by atoms with Crippen molar-refractivity contribution in [2.75, 3.05) is 18.4 Å². The average molecular weight is 309 g/mol. The van der Waals surface area contributed by atoms with Gasteiger partial charge in [0.25, 0.3) is 0 Å². The molecular weight excluding hydrogens is 295 g/mol. The van der Waals surface area contributed by atoms with Crippen molar-refractivity contribution < 1.29 is 13.2 Å². The Morgan fingerprint density at radius 2 is 2.05 bits per heavy atom. The molecule has 1 unspecified atom stereocenters. The molecule has 2 N–H and O–H groups in total. The lowest BCUT2D eigenvalue weighted by atomic mass is 10.2. The van der Waals surface area contributed by atoms with E-state index < -0.39 is 11.9 Å². The van der Waals surface area contributed by atoms with E-state index in [1.54, 1.807) is 18.2 Å². The van der Waals surface area contributed by atoms with Crippen molar-refractivity contribution in [1.29, 1.82) is 0 Å². The normalized spacial score (nSPS) is 18.4. The lowest BCUT2D eigenvalue weighted by Crippen LogP contribution is -2.24. The largest absolute Gasteiger partial charge is 0.433 e. The van der Waals surface area contributed by atoms with Crippen molar-refractivity contribution in [3.63, 3.8) is 0 Å². The van der Waals surface area contributed by atoms with Crippen LogP contribution in [0.4, 0.5) is 19.1 Å². The molecule has 2 aromatic rings. The molecule has 1 fully saturated rings. The van der Waals surface area contributed by atoms with Crippen molar-refractivity contribution in [3.05, 3.63) is 36.2 Å². The van der Waals surface area contributed by atoms with Gasteiger partial charge in [0.2, 0.25) is 5.95 Å². The van der Waals surface area contributed by atoms with Gasteiger partial charge in [-0.2, -0.15) is 13.2 Å². The summed E-state index contributed by atoms with van der Waals surface area (Å²) in [5.74, 6) is -0.0239. The summed E-state index contributed by atoms with van der Waals surface area (Å²) in [6, 6.07) is 5.95. The Kier molecular flexibility index (Phi) is 3.93. The van der Waals surface area contributed by atoms with E-state index in [1.807, 2.05) is 0 Å². The summed E-state index contributed by atoms with van der Waals surface area (Å²) < 4.78 is 39.1. The highest BCUT2D eigenvalue weighted by atomic mass is 19.4. The minimum Gasteiger partial charge on any atom is -0.350 e. The van der Waals surface area contributed by atoms with E-state index in [1.165, 1.54) is 6.20 Å². The lowest BCUT2D eigenvalue weighted by Gasteiger charge is -2.14. The predicted octanol–water partition coefficient (Wildman–Crippen LogP) is 2.33. The molecule has 1 saturated heterocycles. The fraction of sp³-hybridized carbons (Fsp3) is 0.357. The maximum Gasteiger partial charge on any atom is 0.433 e. The average Bonchev–Trinajstić information content (AvgIpc) is 3.00. The number of hydrogen-bond donors (Lipinski definition) is 2. The monoisotopic (exact) mass is 309 g/mol. The summed E-state index contributed by atoms with van der Waals surface area (Å²) in [6.45, 7) is 1.50. The Balaban J connectivity index is 1.98. The van der Waals surface area contributed by atoms with Gasteiger partial charge in [-0.3, -0.25) is 4.98 Å². The molecule has 0 radical (unpaired) electrons. The fourth-order valence-electron chi connectivity index (χ4n) is 2.26. The van der Waals surface area contributed by atoms with Gasteiger partial charge in [0.05, 0.1) is 11.4 Å². The molecule has 3 rings (SSSR count). The SMILES string of the molecule is FC(F)(F)c1cc(-c2ccccn2)nc(NC2CCNC2)n1. The molecule has 0 amide bonds. The molecule has 22 heavy (non-hydrogen) atoms. The van der Waals surface area contributed by atoms with Crippen LogP contribution in [0, 0.1) is 0 Å². The number of nitrogens with one attached hydrogen (secondary N) is 2. The summed E-state index contributed by atoms with van der Waals surface area (Å²) in [5.41, 5.74) is -0.448. The zero-order chi connectivity index (χ0) is 15.6. The summed E-state index contributed by atoms with van der Waals surface area (Å²) >= 11 is 0. The molecule has 116 valence electrons. The molecule has 2 aromatic heterocycles. The van der Waals surface area contributed by atoms with Gasteiger partial charge < -0.3 is 10.6 Å². The number of nitrogens with zero attached hydrogens (tertiary/aromatic N) is 3. The Hall–Kier alpha value is -2.22. The minimum absolute atomic E-state index is 0.0239. The second-order valence-corrected chi connectivity index (χ2v) is 5.01. The van der Waals surface area contributed by atoms with Crippen LogP contribution < -0.4 is 10.6 Å². The van der Waals surface area contributed by atoms with Crippen molar-refractivity contribution in [1.82, 2.24) is 20.3 Å². The first kappa shape index (κ1) is 14.7. The number of pyridine rings is 1. The summed E-state index contributed by atoms with van der Waals surface area (Å²) in [6.07, 6.45) is -2.20. The molecule has 1 atom stereocenters. The molecule has 0 bridgehead atoms. The maximum atomic E-state index is 13.0. The van der Waals surface area contributed by atoms with E-state index in [4.69, 9.17) is 0 Å². The summed E-state index contributed by atoms with van der Waals surface area (Å²) in [4.78, 5) is 11.8. The Morgan fingerprint density at radius 3 is 2.68 bits per heavy atom. The van der Waals surface area contributed by atoms with Gasteiger partial charge in [-0.15, -0.1) is 0 Å². The second-order valence-electron chi connectivity index (χ2n) is 5.01. The number of hydrogen-bond acceptors (Lipinski definition) is 5. The third kappa shape index (κ3) is 3.33. The van der Waals surface area contributed by atoms with Gasteiger partial charge >= 0.3 is 6.18 Å². The number of anilines is 1. The lowest BCUT2D eigenvalue weighted by molar-refractivity contribution is -0.141. The van der Waals surface area contributed by atoms with Crippen LogP contribution in [0.3, 0.4) is 0 Å². The molecule has 0 saturated carbocycles. The standard InChI is InChI=1S/C14H14F3N5/c15-14(16,17)12-7-11(10-3-1-2-5-19-10)21-13(22-12)20-9-4-6-18-8-9/h1-3,5,7,9,18H,4,6,8H2,(H,20,21,22). The minimum atomic E-state index is -4.53. The highest BCUT2D eigenvalue weighted by Gasteiger charge is 2.34. The first-order valence-electron chi connectivity index (χ1n) is 6.87. The quantitative estimate of drug-likeness (QED) is 0.911. The van der Waals surface area contributed by atoms with Crippen molar-refractivity contribution in [3.8, 4) is 11.4 Å². The van der Waals surface area contributed by atoms with Crippen LogP contribution in [-0.4, -0.2) is 34.1 Å². The van der Waals surface area contributed by atoms with Gasteiger partial charge in [0, 0.05) is 18.8 Å². The van der Waals surface area contributed by atoms with Crippen LogP contribution in [-0.2, 0) is 6.18 Å². The van der Waals surface area contributed by atoms with Crippen molar-refractivity contribution in [2.45, 2.75) is 18.6 Å². The molecular formula is C14H14F3N5. The zero-order valence-corrected chi connectivity index (χ0v) is 11.6. The first-order chi connectivity index (χ1) is 10.5. The number of rotatable bonds is 3. The third-order valence-electron chi connectivity index (χ3n) is 3.34. The van der Waals surface area contributed by atoms with E-state index in [0.29, 0.717) is 12.2 Å². The number of alkyl halides is 3. The molecule has 3 heterocycles. The molecule has 5 nitrogen and oxygen atoms in total. The smallest absolute Gasteiger partial charge is 0.350 e. The van der Waals surface area contributed by atoms with E-state index in [0.717, 1.165) is 19.0 Å². The molecule has 0 aliphatic carbocycles. The Bertz CT molecular complexity index is 639. The summed E-state index contributed by atoms with van der Waals surface area (Å²) in [7, 11) is 0. The van der Waals surface area contributed by atoms with Crippen LogP contribution in [0.15, 0.2) is 30.5 Å². The van der Waals surface area contributed by atoms with E-state index in [2.05, 4.69) is 25.6 Å². The van der Waals surface area contributed by atoms with E-state index >= 15 is 0 Å². The van der Waals surface area contributed by atoms with Crippen LogP contribution in [0.1, 0.15) is 12.1 Å². The van der Waals surface area contributed by atoms with Gasteiger partial charge in [0.1, 0.15) is 0 Å². The van der Waals surface area contributed by atoms with Crippen LogP contribution in [0.2, 0.25) is 0 Å². The van der Waals surface area contributed by atoms with Gasteiger partial charge in [-0.05, 0) is 31.2 Å². The van der Waals surface area contributed by atoms with E-state index in [-0.39, 0.29) is 17.7 Å².